The van der Waals surface area contributed by atoms with E-state index in [0.717, 1.165) is 0 Å². The molecule has 0 fully saturated rings. The van der Waals surface area contributed by atoms with Gasteiger partial charge < -0.3 is 9.47 Å². The summed E-state index contributed by atoms with van der Waals surface area (Å²) in [6.07, 6.45) is 0. The van der Waals surface area contributed by atoms with Crippen LogP contribution in [0.25, 0.3) is 0 Å². The summed E-state index contributed by atoms with van der Waals surface area (Å²) < 4.78 is 23.2. The summed E-state index contributed by atoms with van der Waals surface area (Å²) in [6, 6.07) is 2.82. The molecule has 1 aromatic carbocycles. The average Bonchev–Trinajstić information content (AvgIpc) is 2.19. The van der Waals surface area contributed by atoms with E-state index in [1.165, 1.54) is 26.4 Å². The molecular formula is C9H13FN2O2. The summed E-state index contributed by atoms with van der Waals surface area (Å²) in [5.41, 5.74) is 3.00. The van der Waals surface area contributed by atoms with Gasteiger partial charge in [-0.3, -0.25) is 11.3 Å². The SMILES string of the molecule is COc1ccc(F)c(OC)c1CNN. The third-order valence-electron chi connectivity index (χ3n) is 1.87. The second kappa shape index (κ2) is 4.78. The molecular weight excluding hydrogens is 187 g/mol. The van der Waals surface area contributed by atoms with Crippen LogP contribution in [-0.2, 0) is 6.54 Å². The molecule has 0 radical (unpaired) electrons. The summed E-state index contributed by atoms with van der Waals surface area (Å²) in [4.78, 5) is 0. The van der Waals surface area contributed by atoms with Crippen molar-refractivity contribution in [2.24, 2.45) is 5.84 Å². The van der Waals surface area contributed by atoms with Crippen molar-refractivity contribution in [2.75, 3.05) is 14.2 Å². The minimum atomic E-state index is -0.432. The van der Waals surface area contributed by atoms with Crippen LogP contribution in [-0.4, -0.2) is 14.2 Å². The van der Waals surface area contributed by atoms with Crippen LogP contribution >= 0.6 is 0 Å². The lowest BCUT2D eigenvalue weighted by atomic mass is 10.1. The van der Waals surface area contributed by atoms with Crippen LogP contribution in [0.3, 0.4) is 0 Å². The molecule has 14 heavy (non-hydrogen) atoms. The molecule has 0 heterocycles. The van der Waals surface area contributed by atoms with Gasteiger partial charge in [0.15, 0.2) is 11.6 Å². The van der Waals surface area contributed by atoms with Crippen molar-refractivity contribution in [2.45, 2.75) is 6.54 Å². The Bertz CT molecular complexity index is 318. The largest absolute Gasteiger partial charge is 0.496 e. The quantitative estimate of drug-likeness (QED) is 0.557. The highest BCUT2D eigenvalue weighted by molar-refractivity contribution is 5.45. The van der Waals surface area contributed by atoms with Crippen molar-refractivity contribution in [1.29, 1.82) is 0 Å². The highest BCUT2D eigenvalue weighted by Gasteiger charge is 2.13. The van der Waals surface area contributed by atoms with E-state index in [0.29, 0.717) is 11.3 Å². The van der Waals surface area contributed by atoms with Gasteiger partial charge in [-0.2, -0.15) is 0 Å². The van der Waals surface area contributed by atoms with Crippen molar-refractivity contribution in [3.05, 3.63) is 23.5 Å². The van der Waals surface area contributed by atoms with Crippen molar-refractivity contribution < 1.29 is 13.9 Å². The Labute approximate surface area is 81.8 Å². The highest BCUT2D eigenvalue weighted by Crippen LogP contribution is 2.30. The molecule has 5 heteroatoms. The summed E-state index contributed by atoms with van der Waals surface area (Å²) in [5.74, 6) is 5.44. The van der Waals surface area contributed by atoms with Crippen LogP contribution in [0.2, 0.25) is 0 Å². The molecule has 0 amide bonds. The Morgan fingerprint density at radius 1 is 1.36 bits per heavy atom. The molecule has 0 spiro atoms. The fourth-order valence-electron chi connectivity index (χ4n) is 1.26. The van der Waals surface area contributed by atoms with E-state index < -0.39 is 5.82 Å². The molecule has 4 nitrogen and oxygen atoms in total. The Balaban J connectivity index is 3.21. The number of benzene rings is 1. The number of halogens is 1. The molecule has 0 bridgehead atoms. The first-order chi connectivity index (χ1) is 6.74. The van der Waals surface area contributed by atoms with E-state index in [4.69, 9.17) is 15.3 Å². The predicted octanol–water partition coefficient (Wildman–Crippen LogP) is 0.806. The zero-order chi connectivity index (χ0) is 10.6. The number of nitrogens with two attached hydrogens (primary N) is 1. The molecule has 0 aliphatic carbocycles. The summed E-state index contributed by atoms with van der Waals surface area (Å²) in [6.45, 7) is 0.282. The van der Waals surface area contributed by atoms with Crippen LogP contribution in [0.4, 0.5) is 4.39 Å². The molecule has 0 aliphatic heterocycles. The molecule has 0 unspecified atom stereocenters. The van der Waals surface area contributed by atoms with Crippen LogP contribution in [0.15, 0.2) is 12.1 Å². The number of hydrogen-bond acceptors (Lipinski definition) is 4. The first kappa shape index (κ1) is 10.7. The highest BCUT2D eigenvalue weighted by atomic mass is 19.1. The second-order valence-corrected chi connectivity index (χ2v) is 2.64. The summed E-state index contributed by atoms with van der Waals surface area (Å²) in [5, 5.41) is 0. The minimum absolute atomic E-state index is 0.155. The smallest absolute Gasteiger partial charge is 0.165 e. The van der Waals surface area contributed by atoms with E-state index in [1.54, 1.807) is 0 Å². The van der Waals surface area contributed by atoms with E-state index in [2.05, 4.69) is 5.43 Å². The number of hydrogen-bond donors (Lipinski definition) is 2. The lowest BCUT2D eigenvalue weighted by molar-refractivity contribution is 0.363. The molecule has 0 aliphatic rings. The molecule has 3 N–H and O–H groups in total. The average molecular weight is 200 g/mol. The fourth-order valence-corrected chi connectivity index (χ4v) is 1.26. The molecule has 0 saturated heterocycles. The van der Waals surface area contributed by atoms with Crippen molar-refractivity contribution in [1.82, 2.24) is 5.43 Å². The van der Waals surface area contributed by atoms with Gasteiger partial charge >= 0.3 is 0 Å². The van der Waals surface area contributed by atoms with Gasteiger partial charge in [-0.05, 0) is 12.1 Å². The van der Waals surface area contributed by atoms with Gasteiger partial charge in [0.05, 0.1) is 19.8 Å². The maximum Gasteiger partial charge on any atom is 0.165 e. The van der Waals surface area contributed by atoms with Crippen LogP contribution in [0.5, 0.6) is 11.5 Å². The number of nitrogens with one attached hydrogen (secondary N) is 1. The van der Waals surface area contributed by atoms with Crippen molar-refractivity contribution >= 4 is 0 Å². The third-order valence-corrected chi connectivity index (χ3v) is 1.87. The number of rotatable bonds is 4. The normalized spacial score (nSPS) is 10.0. The standard InChI is InChI=1S/C9H13FN2O2/c1-13-8-4-3-7(10)9(14-2)6(8)5-12-11/h3-4,12H,5,11H2,1-2H3. The molecule has 0 aromatic heterocycles. The van der Waals surface area contributed by atoms with Gasteiger partial charge in [0.1, 0.15) is 5.75 Å². The van der Waals surface area contributed by atoms with Gasteiger partial charge in [0.2, 0.25) is 0 Å². The molecule has 1 aromatic rings. The van der Waals surface area contributed by atoms with Gasteiger partial charge in [-0.25, -0.2) is 4.39 Å². The molecule has 0 atom stereocenters. The fraction of sp³-hybridized carbons (Fsp3) is 0.333. The van der Waals surface area contributed by atoms with E-state index in [1.807, 2.05) is 0 Å². The Morgan fingerprint density at radius 3 is 2.57 bits per heavy atom. The van der Waals surface area contributed by atoms with Gasteiger partial charge in [0, 0.05) is 6.54 Å². The molecule has 0 saturated carbocycles. The maximum atomic E-state index is 13.2. The number of ether oxygens (including phenoxy) is 2. The molecule has 1 rings (SSSR count). The van der Waals surface area contributed by atoms with Gasteiger partial charge in [0.25, 0.3) is 0 Å². The van der Waals surface area contributed by atoms with Gasteiger partial charge in [-0.15, -0.1) is 0 Å². The third kappa shape index (κ3) is 1.94. The van der Waals surface area contributed by atoms with Crippen molar-refractivity contribution in [3.63, 3.8) is 0 Å². The van der Waals surface area contributed by atoms with Crippen LogP contribution in [0, 0.1) is 5.82 Å². The monoisotopic (exact) mass is 200 g/mol. The van der Waals surface area contributed by atoms with Crippen LogP contribution in [0.1, 0.15) is 5.56 Å². The van der Waals surface area contributed by atoms with Crippen LogP contribution < -0.4 is 20.7 Å². The summed E-state index contributed by atoms with van der Waals surface area (Å²) >= 11 is 0. The lowest BCUT2D eigenvalue weighted by Crippen LogP contribution is -2.21. The first-order valence-corrected chi connectivity index (χ1v) is 4.07. The predicted molar refractivity (Wildman–Crippen MR) is 50.5 cm³/mol. The Morgan fingerprint density at radius 2 is 2.07 bits per heavy atom. The van der Waals surface area contributed by atoms with E-state index in [9.17, 15) is 4.39 Å². The topological polar surface area (TPSA) is 56.5 Å². The van der Waals surface area contributed by atoms with E-state index in [-0.39, 0.29) is 12.3 Å². The zero-order valence-electron chi connectivity index (χ0n) is 8.13. The zero-order valence-corrected chi connectivity index (χ0v) is 8.13. The van der Waals surface area contributed by atoms with E-state index >= 15 is 0 Å². The Kier molecular flexibility index (Phi) is 3.67. The maximum absolute atomic E-state index is 13.2. The minimum Gasteiger partial charge on any atom is -0.496 e. The first-order valence-electron chi connectivity index (χ1n) is 4.07. The molecule has 78 valence electrons. The second-order valence-electron chi connectivity index (χ2n) is 2.64. The summed E-state index contributed by atoms with van der Waals surface area (Å²) in [7, 11) is 2.91. The Hall–Kier alpha value is -1.33. The van der Waals surface area contributed by atoms with Crippen molar-refractivity contribution in [3.8, 4) is 11.5 Å². The number of hydrazine groups is 1. The number of methoxy groups -OCH3 is 2. The lowest BCUT2D eigenvalue weighted by Gasteiger charge is -2.12. The van der Waals surface area contributed by atoms with Gasteiger partial charge in [-0.1, -0.05) is 0 Å².